The van der Waals surface area contributed by atoms with E-state index in [1.54, 1.807) is 16.2 Å². The summed E-state index contributed by atoms with van der Waals surface area (Å²) < 4.78 is 0. The van der Waals surface area contributed by atoms with Crippen molar-refractivity contribution in [3.63, 3.8) is 0 Å². The molecule has 1 amide bonds. The molecule has 20 heavy (non-hydrogen) atoms. The van der Waals surface area contributed by atoms with Gasteiger partial charge in [0.15, 0.2) is 0 Å². The lowest BCUT2D eigenvalue weighted by Crippen LogP contribution is -2.56. The van der Waals surface area contributed by atoms with Crippen molar-refractivity contribution in [3.05, 3.63) is 33.3 Å². The number of nitrogens with one attached hydrogen (secondary N) is 1. The molecule has 2 aliphatic rings. The van der Waals surface area contributed by atoms with Crippen LogP contribution in [0, 0.1) is 0 Å². The van der Waals surface area contributed by atoms with E-state index in [1.807, 2.05) is 14.0 Å². The van der Waals surface area contributed by atoms with Crippen molar-refractivity contribution in [3.8, 4) is 0 Å². The zero-order chi connectivity index (χ0) is 14.3. The predicted molar refractivity (Wildman–Crippen MR) is 81.2 cm³/mol. The summed E-state index contributed by atoms with van der Waals surface area (Å²) in [6.45, 7) is 2.45. The molecular weight excluding hydrogens is 270 g/mol. The largest absolute Gasteiger partial charge is 0.361 e. The van der Waals surface area contributed by atoms with E-state index in [2.05, 4.69) is 16.8 Å². The molecule has 1 unspecified atom stereocenters. The summed E-state index contributed by atoms with van der Waals surface area (Å²) in [5, 5.41) is 5.79. The average Bonchev–Trinajstić information content (AvgIpc) is 2.92. The van der Waals surface area contributed by atoms with Gasteiger partial charge in [-0.05, 0) is 48.8 Å². The normalized spacial score (nSPS) is 28.4. The quantitative estimate of drug-likeness (QED) is 0.831. The molecule has 4 nitrogen and oxygen atoms in total. The number of carbonyl (C=O) groups is 1. The van der Waals surface area contributed by atoms with Crippen molar-refractivity contribution in [1.29, 1.82) is 0 Å². The Labute approximate surface area is 123 Å². The maximum absolute atomic E-state index is 12.4. The molecule has 5 heteroatoms. The second-order valence-corrected chi connectivity index (χ2v) is 6.78. The van der Waals surface area contributed by atoms with Gasteiger partial charge in [0, 0.05) is 18.5 Å². The second-order valence-electron chi connectivity index (χ2n) is 5.78. The summed E-state index contributed by atoms with van der Waals surface area (Å²) in [6, 6.07) is 2.18. The summed E-state index contributed by atoms with van der Waals surface area (Å²) in [4.78, 5) is 15.6. The summed E-state index contributed by atoms with van der Waals surface area (Å²) in [5.74, 6) is 1.06. The first-order valence-electron chi connectivity index (χ1n) is 7.09. The minimum absolute atomic E-state index is 0.172. The molecule has 1 aromatic rings. The number of thiophene rings is 1. The highest BCUT2D eigenvalue weighted by atomic mass is 32.1. The Morgan fingerprint density at radius 3 is 3.15 bits per heavy atom. The van der Waals surface area contributed by atoms with Gasteiger partial charge in [-0.1, -0.05) is 0 Å². The molecule has 1 aliphatic carbocycles. The van der Waals surface area contributed by atoms with E-state index in [9.17, 15) is 4.79 Å². The molecule has 1 saturated heterocycles. The lowest BCUT2D eigenvalue weighted by molar-refractivity contribution is -0.133. The van der Waals surface area contributed by atoms with Gasteiger partial charge >= 0.3 is 0 Å². The third kappa shape index (κ3) is 1.96. The Morgan fingerprint density at radius 2 is 2.40 bits per heavy atom. The van der Waals surface area contributed by atoms with Crippen LogP contribution in [0.2, 0.25) is 0 Å². The van der Waals surface area contributed by atoms with Gasteiger partial charge in [-0.2, -0.15) is 0 Å². The molecule has 0 aromatic carbocycles. The highest BCUT2D eigenvalue weighted by Crippen LogP contribution is 2.43. The van der Waals surface area contributed by atoms with Crippen LogP contribution < -0.4 is 11.1 Å². The molecular formula is C15H21N3OS. The van der Waals surface area contributed by atoms with Crippen molar-refractivity contribution in [2.45, 2.75) is 38.1 Å². The van der Waals surface area contributed by atoms with Gasteiger partial charge in [0.05, 0.1) is 12.0 Å². The second kappa shape index (κ2) is 4.90. The molecule has 2 heterocycles. The zero-order valence-corrected chi connectivity index (χ0v) is 12.8. The summed E-state index contributed by atoms with van der Waals surface area (Å²) in [6.07, 6.45) is 3.81. The first-order chi connectivity index (χ1) is 9.57. The molecule has 3 rings (SSSR count). The SMILES string of the molecule is C/C(CN)=C1\NC2(CCCc3sccc32)CC(=O)N1C. The predicted octanol–water partition coefficient (Wildman–Crippen LogP) is 1.92. The molecule has 0 bridgehead atoms. The monoisotopic (exact) mass is 291 g/mol. The van der Waals surface area contributed by atoms with Crippen molar-refractivity contribution >= 4 is 17.2 Å². The van der Waals surface area contributed by atoms with Crippen LogP contribution in [0.15, 0.2) is 22.8 Å². The van der Waals surface area contributed by atoms with E-state index in [1.165, 1.54) is 10.4 Å². The highest BCUT2D eigenvalue weighted by Gasteiger charge is 2.44. The summed E-state index contributed by atoms with van der Waals surface area (Å²) in [5.41, 5.74) is 7.90. The minimum atomic E-state index is -0.219. The molecule has 0 radical (unpaired) electrons. The fraction of sp³-hybridized carbons (Fsp3) is 0.533. The van der Waals surface area contributed by atoms with Gasteiger partial charge in [0.25, 0.3) is 0 Å². The lowest BCUT2D eigenvalue weighted by atomic mass is 9.76. The number of hydrogen-bond donors (Lipinski definition) is 2. The van der Waals surface area contributed by atoms with Crippen LogP contribution in [0.1, 0.15) is 36.6 Å². The Kier molecular flexibility index (Phi) is 3.34. The van der Waals surface area contributed by atoms with E-state index < -0.39 is 0 Å². The van der Waals surface area contributed by atoms with Gasteiger partial charge in [0.1, 0.15) is 5.82 Å². The number of fused-ring (bicyclic) bond motifs is 2. The van der Waals surface area contributed by atoms with Gasteiger partial charge in [0.2, 0.25) is 5.91 Å². The Hall–Kier alpha value is -1.33. The standard InChI is InChI=1S/C15H21N3OS/c1-10(9-16)14-17-15(8-13(19)18(14)2)6-3-4-12-11(15)5-7-20-12/h5,7,17H,3-4,6,8-9,16H2,1-2H3/b14-10-. The summed E-state index contributed by atoms with van der Waals surface area (Å²) in [7, 11) is 1.83. The number of nitrogens with zero attached hydrogens (tertiary/aromatic N) is 1. The van der Waals surface area contributed by atoms with Gasteiger partial charge in [-0.25, -0.2) is 0 Å². The van der Waals surface area contributed by atoms with Crippen molar-refractivity contribution in [2.75, 3.05) is 13.6 Å². The minimum Gasteiger partial charge on any atom is -0.361 e. The molecule has 1 aliphatic heterocycles. The lowest BCUT2D eigenvalue weighted by Gasteiger charge is -2.46. The van der Waals surface area contributed by atoms with E-state index in [4.69, 9.17) is 5.73 Å². The number of amides is 1. The molecule has 0 saturated carbocycles. The van der Waals surface area contributed by atoms with Gasteiger partial charge < -0.3 is 16.0 Å². The van der Waals surface area contributed by atoms with Gasteiger partial charge in [-0.15, -0.1) is 11.3 Å². The first kappa shape index (κ1) is 13.6. The maximum atomic E-state index is 12.4. The zero-order valence-electron chi connectivity index (χ0n) is 12.0. The number of hydrogen-bond acceptors (Lipinski definition) is 4. The topological polar surface area (TPSA) is 58.4 Å². The molecule has 1 fully saturated rings. The van der Waals surface area contributed by atoms with Crippen LogP contribution in [-0.2, 0) is 16.8 Å². The van der Waals surface area contributed by atoms with Crippen LogP contribution in [0.5, 0.6) is 0 Å². The van der Waals surface area contributed by atoms with Crippen LogP contribution in [0.25, 0.3) is 0 Å². The van der Waals surface area contributed by atoms with Gasteiger partial charge in [-0.3, -0.25) is 4.79 Å². The van der Waals surface area contributed by atoms with E-state index in [0.717, 1.165) is 30.7 Å². The first-order valence-corrected chi connectivity index (χ1v) is 7.97. The van der Waals surface area contributed by atoms with E-state index in [-0.39, 0.29) is 11.4 Å². The van der Waals surface area contributed by atoms with Crippen LogP contribution in [0.3, 0.4) is 0 Å². The van der Waals surface area contributed by atoms with E-state index >= 15 is 0 Å². The van der Waals surface area contributed by atoms with Crippen LogP contribution >= 0.6 is 11.3 Å². The van der Waals surface area contributed by atoms with Crippen LogP contribution in [-0.4, -0.2) is 24.4 Å². The average molecular weight is 291 g/mol. The van der Waals surface area contributed by atoms with Crippen molar-refractivity contribution in [1.82, 2.24) is 10.2 Å². The highest BCUT2D eigenvalue weighted by molar-refractivity contribution is 7.10. The number of nitrogens with two attached hydrogens (primary N) is 1. The smallest absolute Gasteiger partial charge is 0.230 e. The molecule has 3 N–H and O–H groups in total. The fourth-order valence-corrected chi connectivity index (χ4v) is 4.33. The Balaban J connectivity index is 2.07. The molecule has 108 valence electrons. The van der Waals surface area contributed by atoms with Crippen LogP contribution in [0.4, 0.5) is 0 Å². The fourth-order valence-electron chi connectivity index (χ4n) is 3.31. The Morgan fingerprint density at radius 1 is 1.60 bits per heavy atom. The molecule has 1 aromatic heterocycles. The van der Waals surface area contributed by atoms with E-state index in [0.29, 0.717) is 13.0 Å². The summed E-state index contributed by atoms with van der Waals surface area (Å²) >= 11 is 1.80. The number of rotatable bonds is 1. The number of aryl methyl sites for hydroxylation is 1. The third-order valence-corrected chi connectivity index (χ3v) is 5.48. The third-order valence-electron chi connectivity index (χ3n) is 4.50. The molecule has 1 spiro atoms. The number of carbonyl (C=O) groups excluding carboxylic acids is 1. The molecule has 1 atom stereocenters. The van der Waals surface area contributed by atoms with Crippen molar-refractivity contribution in [2.24, 2.45) is 5.73 Å². The Bertz CT molecular complexity index is 577. The van der Waals surface area contributed by atoms with Crippen molar-refractivity contribution < 1.29 is 4.79 Å². The maximum Gasteiger partial charge on any atom is 0.230 e.